The summed E-state index contributed by atoms with van der Waals surface area (Å²) < 4.78 is 0. The first-order valence-electron chi connectivity index (χ1n) is 5.79. The van der Waals surface area contributed by atoms with Crippen LogP contribution >= 0.6 is 11.3 Å². The van der Waals surface area contributed by atoms with Crippen molar-refractivity contribution in [3.63, 3.8) is 0 Å². The molecule has 0 saturated carbocycles. The molecule has 0 bridgehead atoms. The summed E-state index contributed by atoms with van der Waals surface area (Å²) in [5.74, 6) is 0.636. The summed E-state index contributed by atoms with van der Waals surface area (Å²) in [5.41, 5.74) is 2.59. The third kappa shape index (κ3) is 2.47. The fourth-order valence-electron chi connectivity index (χ4n) is 1.90. The lowest BCUT2D eigenvalue weighted by atomic mass is 9.96. The van der Waals surface area contributed by atoms with Crippen LogP contribution in [0.15, 0.2) is 36.4 Å². The van der Waals surface area contributed by atoms with Crippen molar-refractivity contribution < 1.29 is 4.79 Å². The summed E-state index contributed by atoms with van der Waals surface area (Å²) in [6.07, 6.45) is 0. The van der Waals surface area contributed by atoms with Crippen molar-refractivity contribution in [1.82, 2.24) is 0 Å². The molecule has 0 aliphatic heterocycles. The normalized spacial score (nSPS) is 10.8. The van der Waals surface area contributed by atoms with Gasteiger partial charge in [-0.1, -0.05) is 38.1 Å². The summed E-state index contributed by atoms with van der Waals surface area (Å²) in [5, 5.41) is 0. The van der Waals surface area contributed by atoms with E-state index in [9.17, 15) is 4.79 Å². The third-order valence-corrected chi connectivity index (χ3v) is 4.02. The Balaban J connectivity index is 2.48. The van der Waals surface area contributed by atoms with Gasteiger partial charge in [0.2, 0.25) is 0 Å². The highest BCUT2D eigenvalue weighted by Gasteiger charge is 2.11. The van der Waals surface area contributed by atoms with Gasteiger partial charge in [0, 0.05) is 4.88 Å². The molecule has 1 nitrogen and oxygen atoms in total. The van der Waals surface area contributed by atoms with E-state index in [0.717, 1.165) is 4.88 Å². The molecule has 2 heteroatoms. The number of carbonyl (C=O) groups is 1. The van der Waals surface area contributed by atoms with Gasteiger partial charge in [-0.2, -0.15) is 0 Å². The van der Waals surface area contributed by atoms with E-state index >= 15 is 0 Å². The molecule has 0 fully saturated rings. The van der Waals surface area contributed by atoms with E-state index in [0.29, 0.717) is 5.92 Å². The van der Waals surface area contributed by atoms with Crippen LogP contribution in [0.5, 0.6) is 0 Å². The Bertz CT molecular complexity index is 537. The predicted molar refractivity (Wildman–Crippen MR) is 73.8 cm³/mol. The highest BCUT2D eigenvalue weighted by Crippen LogP contribution is 2.33. The molecule has 0 amide bonds. The molecule has 0 aliphatic carbocycles. The smallest absolute Gasteiger partial charge is 0.169 e. The van der Waals surface area contributed by atoms with Gasteiger partial charge < -0.3 is 0 Å². The van der Waals surface area contributed by atoms with Gasteiger partial charge in [-0.3, -0.25) is 4.79 Å². The van der Waals surface area contributed by atoms with Crippen LogP contribution in [0, 0.1) is 0 Å². The first-order chi connectivity index (χ1) is 8.09. The summed E-state index contributed by atoms with van der Waals surface area (Å²) in [4.78, 5) is 13.3. The maximum Gasteiger partial charge on any atom is 0.169 e. The molecule has 0 unspecified atom stereocenters. The highest BCUT2D eigenvalue weighted by atomic mass is 32.1. The Kier molecular flexibility index (Phi) is 3.43. The number of benzene rings is 1. The second-order valence-corrected chi connectivity index (χ2v) is 5.55. The van der Waals surface area contributed by atoms with Crippen LogP contribution in [0.1, 0.15) is 41.9 Å². The quantitative estimate of drug-likeness (QED) is 0.713. The molecule has 17 heavy (non-hydrogen) atoms. The summed E-state index contributed by atoms with van der Waals surface area (Å²) in [7, 11) is 0. The SMILES string of the molecule is CC(=O)c1ccc(-c2ccccc2C(C)C)s1. The van der Waals surface area contributed by atoms with Gasteiger partial charge in [-0.25, -0.2) is 0 Å². The monoisotopic (exact) mass is 244 g/mol. The van der Waals surface area contributed by atoms with Crippen LogP contribution < -0.4 is 0 Å². The van der Waals surface area contributed by atoms with Crippen molar-refractivity contribution in [3.05, 3.63) is 46.8 Å². The largest absolute Gasteiger partial charge is 0.294 e. The number of hydrogen-bond donors (Lipinski definition) is 0. The average molecular weight is 244 g/mol. The van der Waals surface area contributed by atoms with Crippen LogP contribution in [0.3, 0.4) is 0 Å². The van der Waals surface area contributed by atoms with E-state index in [4.69, 9.17) is 0 Å². The number of Topliss-reactive ketones (excluding diaryl/α,β-unsaturated/α-hetero) is 1. The molecule has 1 heterocycles. The van der Waals surface area contributed by atoms with Crippen molar-refractivity contribution >= 4 is 17.1 Å². The van der Waals surface area contributed by atoms with Gasteiger partial charge in [0.15, 0.2) is 5.78 Å². The average Bonchev–Trinajstić information content (AvgIpc) is 2.78. The summed E-state index contributed by atoms with van der Waals surface area (Å²) >= 11 is 1.58. The molecule has 1 aromatic carbocycles. The Hall–Kier alpha value is -1.41. The lowest BCUT2D eigenvalue weighted by molar-refractivity contribution is 0.102. The zero-order chi connectivity index (χ0) is 12.4. The fraction of sp³-hybridized carbons (Fsp3) is 0.267. The Morgan fingerprint density at radius 3 is 2.41 bits per heavy atom. The van der Waals surface area contributed by atoms with Gasteiger partial charge in [0.1, 0.15) is 0 Å². The van der Waals surface area contributed by atoms with E-state index < -0.39 is 0 Å². The third-order valence-electron chi connectivity index (χ3n) is 2.80. The van der Waals surface area contributed by atoms with E-state index in [1.54, 1.807) is 18.3 Å². The molecule has 0 radical (unpaired) electrons. The predicted octanol–water partition coefficient (Wildman–Crippen LogP) is 4.74. The molecule has 2 rings (SSSR count). The van der Waals surface area contributed by atoms with Crippen molar-refractivity contribution in [2.45, 2.75) is 26.7 Å². The standard InChI is InChI=1S/C15H16OS/c1-10(2)12-6-4-5-7-13(12)15-9-8-14(17-15)11(3)16/h4-10H,1-3H3. The van der Waals surface area contributed by atoms with Crippen LogP contribution in [0.4, 0.5) is 0 Å². The van der Waals surface area contributed by atoms with Gasteiger partial charge >= 0.3 is 0 Å². The number of thiophene rings is 1. The van der Waals surface area contributed by atoms with Crippen LogP contribution in [0.25, 0.3) is 10.4 Å². The first kappa shape index (κ1) is 12.1. The molecule has 0 saturated heterocycles. The maximum absolute atomic E-state index is 11.3. The minimum Gasteiger partial charge on any atom is -0.294 e. The summed E-state index contributed by atoms with van der Waals surface area (Å²) in [6.45, 7) is 6.00. The van der Waals surface area contributed by atoms with Gasteiger partial charge in [-0.05, 0) is 36.1 Å². The van der Waals surface area contributed by atoms with E-state index in [2.05, 4.69) is 32.0 Å². The van der Waals surface area contributed by atoms with Gasteiger partial charge in [0.05, 0.1) is 4.88 Å². The zero-order valence-electron chi connectivity index (χ0n) is 10.4. The molecule has 88 valence electrons. The van der Waals surface area contributed by atoms with E-state index in [1.807, 2.05) is 18.2 Å². The number of hydrogen-bond acceptors (Lipinski definition) is 2. The van der Waals surface area contributed by atoms with Gasteiger partial charge in [0.25, 0.3) is 0 Å². The molecule has 0 atom stereocenters. The Morgan fingerprint density at radius 2 is 1.82 bits per heavy atom. The second kappa shape index (κ2) is 4.84. The van der Waals surface area contributed by atoms with Crippen molar-refractivity contribution in [2.24, 2.45) is 0 Å². The van der Waals surface area contributed by atoms with Crippen molar-refractivity contribution in [3.8, 4) is 10.4 Å². The number of carbonyl (C=O) groups excluding carboxylic acids is 1. The Labute approximate surface area is 106 Å². The Morgan fingerprint density at radius 1 is 1.12 bits per heavy atom. The second-order valence-electron chi connectivity index (χ2n) is 4.46. The zero-order valence-corrected chi connectivity index (χ0v) is 11.2. The minimum atomic E-state index is 0.142. The van der Waals surface area contributed by atoms with E-state index in [1.165, 1.54) is 16.0 Å². The van der Waals surface area contributed by atoms with E-state index in [-0.39, 0.29) is 5.78 Å². The first-order valence-corrected chi connectivity index (χ1v) is 6.61. The van der Waals surface area contributed by atoms with Crippen LogP contribution in [-0.4, -0.2) is 5.78 Å². The molecule has 0 N–H and O–H groups in total. The number of rotatable bonds is 3. The molecular formula is C15H16OS. The molecule has 0 spiro atoms. The highest BCUT2D eigenvalue weighted by molar-refractivity contribution is 7.17. The van der Waals surface area contributed by atoms with Crippen LogP contribution in [-0.2, 0) is 0 Å². The molecule has 0 aliphatic rings. The topological polar surface area (TPSA) is 17.1 Å². The summed E-state index contributed by atoms with van der Waals surface area (Å²) in [6, 6.07) is 12.4. The molecular weight excluding hydrogens is 228 g/mol. The minimum absolute atomic E-state index is 0.142. The fourth-order valence-corrected chi connectivity index (χ4v) is 2.85. The molecule has 1 aromatic heterocycles. The van der Waals surface area contributed by atoms with Crippen molar-refractivity contribution in [1.29, 1.82) is 0 Å². The lowest BCUT2D eigenvalue weighted by Gasteiger charge is -2.10. The maximum atomic E-state index is 11.3. The van der Waals surface area contributed by atoms with Crippen molar-refractivity contribution in [2.75, 3.05) is 0 Å². The molecule has 2 aromatic rings. The van der Waals surface area contributed by atoms with Crippen LogP contribution in [0.2, 0.25) is 0 Å². The number of ketones is 1. The van der Waals surface area contributed by atoms with Gasteiger partial charge in [-0.15, -0.1) is 11.3 Å². The lowest BCUT2D eigenvalue weighted by Crippen LogP contribution is -1.90.